The van der Waals surface area contributed by atoms with Gasteiger partial charge in [0, 0.05) is 31.6 Å². The first-order chi connectivity index (χ1) is 11.7. The number of piperidine rings is 1. The van der Waals surface area contributed by atoms with Crippen molar-refractivity contribution in [2.45, 2.75) is 45.1 Å². The molecule has 0 aliphatic carbocycles. The molecular weight excluding hydrogens is 302 g/mol. The Labute approximate surface area is 143 Å². The molecule has 2 aliphatic rings. The molecule has 0 aromatic heterocycles. The van der Waals surface area contributed by atoms with Crippen LogP contribution in [0, 0.1) is 5.92 Å². The van der Waals surface area contributed by atoms with E-state index in [9.17, 15) is 9.59 Å². The van der Waals surface area contributed by atoms with Crippen molar-refractivity contribution < 1.29 is 9.59 Å². The van der Waals surface area contributed by atoms with Crippen molar-refractivity contribution >= 4 is 17.5 Å². The Kier molecular flexibility index (Phi) is 5.86. The zero-order valence-corrected chi connectivity index (χ0v) is 14.2. The zero-order chi connectivity index (χ0) is 16.8. The molecule has 0 saturated carbocycles. The van der Waals surface area contributed by atoms with Crippen molar-refractivity contribution in [2.24, 2.45) is 5.92 Å². The molecule has 0 unspecified atom stereocenters. The van der Waals surface area contributed by atoms with E-state index >= 15 is 0 Å². The molecule has 130 valence electrons. The quantitative estimate of drug-likeness (QED) is 0.841. The summed E-state index contributed by atoms with van der Waals surface area (Å²) in [4.78, 5) is 25.7. The topological polar surface area (TPSA) is 61.4 Å². The number of amides is 2. The third-order valence-corrected chi connectivity index (χ3v) is 5.02. The number of rotatable bonds is 6. The molecule has 1 aromatic rings. The fraction of sp³-hybridized carbons (Fsp3) is 0.579. The maximum atomic E-state index is 12.1. The van der Waals surface area contributed by atoms with Crippen LogP contribution in [0.2, 0.25) is 0 Å². The van der Waals surface area contributed by atoms with Gasteiger partial charge in [-0.25, -0.2) is 0 Å². The Morgan fingerprint density at radius 2 is 2.12 bits per heavy atom. The normalized spacial score (nSPS) is 18.8. The highest BCUT2D eigenvalue weighted by Crippen LogP contribution is 2.22. The molecule has 5 nitrogen and oxygen atoms in total. The molecule has 2 heterocycles. The monoisotopic (exact) mass is 329 g/mol. The number of hydrogen-bond donors (Lipinski definition) is 2. The van der Waals surface area contributed by atoms with Gasteiger partial charge in [-0.05, 0) is 62.4 Å². The predicted octanol–water partition coefficient (Wildman–Crippen LogP) is 2.21. The van der Waals surface area contributed by atoms with Crippen LogP contribution in [0.3, 0.4) is 0 Å². The average Bonchev–Trinajstić information content (AvgIpc) is 3.05. The van der Waals surface area contributed by atoms with Crippen molar-refractivity contribution in [3.05, 3.63) is 29.8 Å². The lowest BCUT2D eigenvalue weighted by Crippen LogP contribution is -2.29. The predicted molar refractivity (Wildman–Crippen MR) is 94.7 cm³/mol. The van der Waals surface area contributed by atoms with E-state index in [1.54, 1.807) is 0 Å². The van der Waals surface area contributed by atoms with Crippen molar-refractivity contribution in [1.29, 1.82) is 0 Å². The Bertz CT molecular complexity index is 582. The summed E-state index contributed by atoms with van der Waals surface area (Å²) in [6.45, 7) is 3.48. The van der Waals surface area contributed by atoms with Crippen LogP contribution in [0.25, 0.3) is 0 Å². The number of carbonyl (C=O) groups excluding carboxylic acids is 2. The van der Waals surface area contributed by atoms with E-state index in [0.29, 0.717) is 25.3 Å². The van der Waals surface area contributed by atoms with Crippen molar-refractivity contribution in [3.63, 3.8) is 0 Å². The molecule has 2 aliphatic heterocycles. The summed E-state index contributed by atoms with van der Waals surface area (Å²) in [5.74, 6) is 0.996. The molecule has 2 N–H and O–H groups in total. The van der Waals surface area contributed by atoms with E-state index < -0.39 is 0 Å². The van der Waals surface area contributed by atoms with Gasteiger partial charge < -0.3 is 15.5 Å². The van der Waals surface area contributed by atoms with Crippen molar-refractivity contribution in [2.75, 3.05) is 24.5 Å². The lowest BCUT2D eigenvalue weighted by Gasteiger charge is -2.22. The smallest absolute Gasteiger partial charge is 0.227 e. The highest BCUT2D eigenvalue weighted by atomic mass is 16.2. The van der Waals surface area contributed by atoms with Crippen LogP contribution in [0.5, 0.6) is 0 Å². The van der Waals surface area contributed by atoms with E-state index in [0.717, 1.165) is 43.7 Å². The fourth-order valence-electron chi connectivity index (χ4n) is 3.55. The van der Waals surface area contributed by atoms with Gasteiger partial charge >= 0.3 is 0 Å². The second kappa shape index (κ2) is 8.29. The second-order valence-corrected chi connectivity index (χ2v) is 6.83. The fourth-order valence-corrected chi connectivity index (χ4v) is 3.55. The molecule has 5 heteroatoms. The summed E-state index contributed by atoms with van der Waals surface area (Å²) in [6.07, 6.45) is 5.51. The molecule has 2 saturated heterocycles. The van der Waals surface area contributed by atoms with Gasteiger partial charge in [-0.1, -0.05) is 12.1 Å². The SMILES string of the molecule is O=C(CCC1CCNCC1)NCc1cccc(N2CCCC2=O)c1. The van der Waals surface area contributed by atoms with Gasteiger partial charge in [-0.2, -0.15) is 0 Å². The van der Waals surface area contributed by atoms with Gasteiger partial charge in [0.05, 0.1) is 0 Å². The van der Waals surface area contributed by atoms with Crippen LogP contribution in [-0.2, 0) is 16.1 Å². The summed E-state index contributed by atoms with van der Waals surface area (Å²) in [7, 11) is 0. The maximum Gasteiger partial charge on any atom is 0.227 e. The van der Waals surface area contributed by atoms with E-state index in [1.165, 1.54) is 12.8 Å². The summed E-state index contributed by atoms with van der Waals surface area (Å²) in [5, 5.41) is 6.36. The number of nitrogens with one attached hydrogen (secondary N) is 2. The number of benzene rings is 1. The van der Waals surface area contributed by atoms with E-state index in [-0.39, 0.29) is 11.8 Å². The van der Waals surface area contributed by atoms with Crippen LogP contribution in [0.15, 0.2) is 24.3 Å². The van der Waals surface area contributed by atoms with E-state index in [1.807, 2.05) is 29.2 Å². The minimum absolute atomic E-state index is 0.121. The Balaban J connectivity index is 1.45. The highest BCUT2D eigenvalue weighted by molar-refractivity contribution is 5.95. The van der Waals surface area contributed by atoms with E-state index in [4.69, 9.17) is 0 Å². The third-order valence-electron chi connectivity index (χ3n) is 5.02. The molecule has 3 rings (SSSR count). The molecule has 2 amide bonds. The number of nitrogens with zero attached hydrogens (tertiary/aromatic N) is 1. The first kappa shape index (κ1) is 17.0. The van der Waals surface area contributed by atoms with Crippen LogP contribution in [0.4, 0.5) is 5.69 Å². The number of carbonyl (C=O) groups is 2. The second-order valence-electron chi connectivity index (χ2n) is 6.83. The van der Waals surface area contributed by atoms with Crippen LogP contribution < -0.4 is 15.5 Å². The third kappa shape index (κ3) is 4.57. The molecule has 0 spiro atoms. The van der Waals surface area contributed by atoms with Crippen LogP contribution >= 0.6 is 0 Å². The van der Waals surface area contributed by atoms with Gasteiger partial charge in [0.2, 0.25) is 11.8 Å². The summed E-state index contributed by atoms with van der Waals surface area (Å²) >= 11 is 0. The number of anilines is 1. The lowest BCUT2D eigenvalue weighted by molar-refractivity contribution is -0.121. The standard InChI is InChI=1S/C19H27N3O2/c23-18(7-6-15-8-10-20-11-9-15)21-14-16-3-1-4-17(13-16)22-12-2-5-19(22)24/h1,3-4,13,15,20H,2,5-12,14H2,(H,21,23). The molecular formula is C19H27N3O2. The van der Waals surface area contributed by atoms with Gasteiger partial charge in [0.25, 0.3) is 0 Å². The summed E-state index contributed by atoms with van der Waals surface area (Å²) in [6, 6.07) is 7.93. The summed E-state index contributed by atoms with van der Waals surface area (Å²) in [5.41, 5.74) is 1.99. The Morgan fingerprint density at radius 1 is 1.29 bits per heavy atom. The minimum atomic E-state index is 0.121. The van der Waals surface area contributed by atoms with Crippen molar-refractivity contribution in [3.8, 4) is 0 Å². The Morgan fingerprint density at radius 3 is 2.88 bits per heavy atom. The zero-order valence-electron chi connectivity index (χ0n) is 14.2. The molecule has 24 heavy (non-hydrogen) atoms. The molecule has 1 aromatic carbocycles. The van der Waals surface area contributed by atoms with Gasteiger partial charge in [0.15, 0.2) is 0 Å². The molecule has 0 bridgehead atoms. The maximum absolute atomic E-state index is 12.1. The van der Waals surface area contributed by atoms with E-state index in [2.05, 4.69) is 10.6 Å². The highest BCUT2D eigenvalue weighted by Gasteiger charge is 2.21. The van der Waals surface area contributed by atoms with Gasteiger partial charge in [-0.3, -0.25) is 9.59 Å². The number of hydrogen-bond acceptors (Lipinski definition) is 3. The first-order valence-corrected chi connectivity index (χ1v) is 9.09. The minimum Gasteiger partial charge on any atom is -0.352 e. The van der Waals surface area contributed by atoms with Gasteiger partial charge in [0.1, 0.15) is 0 Å². The van der Waals surface area contributed by atoms with Crippen molar-refractivity contribution in [1.82, 2.24) is 10.6 Å². The summed E-state index contributed by atoms with van der Waals surface area (Å²) < 4.78 is 0. The molecule has 0 radical (unpaired) electrons. The van der Waals surface area contributed by atoms with Crippen LogP contribution in [0.1, 0.15) is 44.1 Å². The lowest BCUT2D eigenvalue weighted by atomic mass is 9.93. The largest absolute Gasteiger partial charge is 0.352 e. The molecule has 0 atom stereocenters. The van der Waals surface area contributed by atoms with Gasteiger partial charge in [-0.15, -0.1) is 0 Å². The van der Waals surface area contributed by atoms with Crippen LogP contribution in [-0.4, -0.2) is 31.4 Å². The molecule has 2 fully saturated rings. The first-order valence-electron chi connectivity index (χ1n) is 9.09. The Hall–Kier alpha value is -1.88. The average molecular weight is 329 g/mol.